The number of halogens is 1. The van der Waals surface area contributed by atoms with E-state index in [2.05, 4.69) is 23.3 Å². The van der Waals surface area contributed by atoms with Crippen LogP contribution in [0.3, 0.4) is 0 Å². The van der Waals surface area contributed by atoms with Crippen LogP contribution in [0.25, 0.3) is 0 Å². The van der Waals surface area contributed by atoms with E-state index >= 15 is 0 Å². The highest BCUT2D eigenvalue weighted by molar-refractivity contribution is 6.63. The van der Waals surface area contributed by atoms with Crippen LogP contribution < -0.4 is 0 Å². The van der Waals surface area contributed by atoms with Crippen LogP contribution in [0.1, 0.15) is 65.2 Å². The highest BCUT2D eigenvalue weighted by atomic mass is 35.5. The number of nitrogens with zero attached hydrogens (tertiary/aromatic N) is 2. The first-order valence-corrected chi connectivity index (χ1v) is 8.19. The van der Waals surface area contributed by atoms with Gasteiger partial charge in [0.15, 0.2) is 0 Å². The Kier molecular flexibility index (Phi) is 8.49. The molecule has 0 fully saturated rings. The van der Waals surface area contributed by atoms with Gasteiger partial charge in [0, 0.05) is 11.6 Å². The van der Waals surface area contributed by atoms with Gasteiger partial charge in [-0.1, -0.05) is 39.5 Å². The van der Waals surface area contributed by atoms with Gasteiger partial charge in [0.2, 0.25) is 0 Å². The highest BCUT2D eigenvalue weighted by Crippen LogP contribution is 2.10. The second-order valence-electron chi connectivity index (χ2n) is 5.36. The predicted molar refractivity (Wildman–Crippen MR) is 80.7 cm³/mol. The highest BCUT2D eigenvalue weighted by Gasteiger charge is 2.27. The first kappa shape index (κ1) is 15.8. The molecule has 3 heteroatoms. The third-order valence-corrected chi connectivity index (χ3v) is 4.20. The maximum atomic E-state index is 6.44. The summed E-state index contributed by atoms with van der Waals surface area (Å²) in [7, 11) is 0. The summed E-state index contributed by atoms with van der Waals surface area (Å²) in [6, 6.07) is 0. The zero-order valence-electron chi connectivity index (χ0n) is 12.3. The zero-order valence-corrected chi connectivity index (χ0v) is 13.0. The molecule has 0 amide bonds. The van der Waals surface area contributed by atoms with E-state index in [9.17, 15) is 0 Å². The van der Waals surface area contributed by atoms with Crippen molar-refractivity contribution in [3.63, 3.8) is 0 Å². The third-order valence-electron chi connectivity index (χ3n) is 3.72. The molecule has 0 N–H and O–H groups in total. The Balaban J connectivity index is 2.20. The summed E-state index contributed by atoms with van der Waals surface area (Å²) in [5.41, 5.74) is 0. The molecule has 0 aromatic heterocycles. The summed E-state index contributed by atoms with van der Waals surface area (Å²) in [5, 5.41) is 1.00. The van der Waals surface area contributed by atoms with E-state index in [4.69, 9.17) is 11.6 Å². The maximum Gasteiger partial charge on any atom is 0.345 e. The van der Waals surface area contributed by atoms with Crippen molar-refractivity contribution in [3.8, 4) is 0 Å². The fraction of sp³-hybridized carbons (Fsp3) is 0.933. The summed E-state index contributed by atoms with van der Waals surface area (Å²) < 4.78 is 2.36. The van der Waals surface area contributed by atoms with Gasteiger partial charge in [0.25, 0.3) is 0 Å². The molecule has 0 saturated heterocycles. The Morgan fingerprint density at radius 1 is 1.00 bits per heavy atom. The number of rotatable bonds is 10. The number of amidine groups is 1. The van der Waals surface area contributed by atoms with Gasteiger partial charge in [-0.15, -0.1) is 0 Å². The molecule has 1 heterocycles. The summed E-state index contributed by atoms with van der Waals surface area (Å²) >= 11 is 6.44. The average molecular weight is 274 g/mol. The molecule has 0 aliphatic carbocycles. The lowest BCUT2D eigenvalue weighted by atomic mass is 10.2. The Labute approximate surface area is 118 Å². The molecule has 106 valence electrons. The second-order valence-corrected chi connectivity index (χ2v) is 5.70. The molecular weight excluding hydrogens is 244 g/mol. The normalized spacial score (nSPS) is 15.8. The molecule has 1 aliphatic rings. The first-order chi connectivity index (χ1) is 8.79. The van der Waals surface area contributed by atoms with Crippen LogP contribution in [-0.4, -0.2) is 40.9 Å². The van der Waals surface area contributed by atoms with Crippen LogP contribution in [0.2, 0.25) is 0 Å². The van der Waals surface area contributed by atoms with Gasteiger partial charge in [0.1, 0.15) is 13.1 Å². The van der Waals surface area contributed by atoms with Crippen LogP contribution in [0, 0.1) is 0 Å². The molecule has 1 aliphatic heterocycles. The van der Waals surface area contributed by atoms with Crippen molar-refractivity contribution in [1.29, 1.82) is 0 Å². The Morgan fingerprint density at radius 3 is 2.33 bits per heavy atom. The van der Waals surface area contributed by atoms with Gasteiger partial charge in [-0.2, -0.15) is 0 Å². The molecule has 0 aromatic rings. The van der Waals surface area contributed by atoms with E-state index in [1.54, 1.807) is 0 Å². The van der Waals surface area contributed by atoms with Gasteiger partial charge < -0.3 is 0 Å². The van der Waals surface area contributed by atoms with Gasteiger partial charge >= 0.3 is 5.29 Å². The summed E-state index contributed by atoms with van der Waals surface area (Å²) in [6.45, 7) is 9.05. The minimum Gasteiger partial charge on any atom is -0.247 e. The van der Waals surface area contributed by atoms with Crippen molar-refractivity contribution in [2.45, 2.75) is 65.2 Å². The van der Waals surface area contributed by atoms with Crippen molar-refractivity contribution >= 4 is 16.9 Å². The first-order valence-electron chi connectivity index (χ1n) is 7.82. The standard InChI is InChI=1S/C15H30ClN2/c1-3-5-7-9-11-17-13-14-18(15(17)16)12-10-8-6-4-2/h3-14H2,1-2H3/q+1. The SMILES string of the molecule is CCCCCCN1CC[N+](CCCCCC)=C1Cl. The lowest BCUT2D eigenvalue weighted by molar-refractivity contribution is -0.516. The van der Waals surface area contributed by atoms with Crippen molar-refractivity contribution in [3.05, 3.63) is 0 Å². The van der Waals surface area contributed by atoms with E-state index in [1.807, 2.05) is 0 Å². The smallest absolute Gasteiger partial charge is 0.247 e. The van der Waals surface area contributed by atoms with Crippen molar-refractivity contribution < 1.29 is 4.58 Å². The van der Waals surface area contributed by atoms with Gasteiger partial charge in [-0.25, -0.2) is 9.48 Å². The van der Waals surface area contributed by atoms with E-state index in [1.165, 1.54) is 51.4 Å². The summed E-state index contributed by atoms with van der Waals surface area (Å²) in [4.78, 5) is 2.36. The van der Waals surface area contributed by atoms with Crippen LogP contribution >= 0.6 is 11.6 Å². The second kappa shape index (κ2) is 9.66. The van der Waals surface area contributed by atoms with E-state index in [-0.39, 0.29) is 0 Å². The fourth-order valence-electron chi connectivity index (χ4n) is 2.49. The molecule has 0 aromatic carbocycles. The predicted octanol–water partition coefficient (Wildman–Crippen LogP) is 4.07. The average Bonchev–Trinajstić information content (AvgIpc) is 2.72. The molecule has 18 heavy (non-hydrogen) atoms. The van der Waals surface area contributed by atoms with Crippen LogP contribution in [0.15, 0.2) is 0 Å². The monoisotopic (exact) mass is 273 g/mol. The lowest BCUT2D eigenvalue weighted by Crippen LogP contribution is -2.26. The Morgan fingerprint density at radius 2 is 1.67 bits per heavy atom. The van der Waals surface area contributed by atoms with Crippen LogP contribution in [0.4, 0.5) is 0 Å². The number of unbranched alkanes of at least 4 members (excludes halogenated alkanes) is 6. The van der Waals surface area contributed by atoms with Crippen LogP contribution in [0.5, 0.6) is 0 Å². The Hall–Kier alpha value is -0.240. The van der Waals surface area contributed by atoms with E-state index in [0.29, 0.717) is 0 Å². The van der Waals surface area contributed by atoms with Crippen LogP contribution in [-0.2, 0) is 0 Å². The number of hydrogen-bond acceptors (Lipinski definition) is 1. The Bertz CT molecular complexity index is 251. The topological polar surface area (TPSA) is 6.25 Å². The molecule has 0 atom stereocenters. The molecular formula is C15H30ClN2+. The maximum absolute atomic E-state index is 6.44. The molecule has 0 spiro atoms. The largest absolute Gasteiger partial charge is 0.345 e. The van der Waals surface area contributed by atoms with Crippen molar-refractivity contribution in [1.82, 2.24) is 4.90 Å². The van der Waals surface area contributed by atoms with E-state index in [0.717, 1.165) is 31.5 Å². The summed E-state index contributed by atoms with van der Waals surface area (Å²) in [6.07, 6.45) is 10.6. The fourth-order valence-corrected chi connectivity index (χ4v) is 2.83. The van der Waals surface area contributed by atoms with Gasteiger partial charge in [-0.05, 0) is 25.7 Å². The lowest BCUT2D eigenvalue weighted by Gasteiger charge is -2.08. The molecule has 1 rings (SSSR count). The van der Waals surface area contributed by atoms with Gasteiger partial charge in [-0.3, -0.25) is 0 Å². The zero-order chi connectivity index (χ0) is 13.2. The summed E-state index contributed by atoms with van der Waals surface area (Å²) in [5.74, 6) is 0. The van der Waals surface area contributed by atoms with Crippen molar-refractivity contribution in [2.24, 2.45) is 0 Å². The minimum atomic E-state index is 1.00. The minimum absolute atomic E-state index is 1.00. The van der Waals surface area contributed by atoms with E-state index < -0.39 is 0 Å². The molecule has 0 radical (unpaired) electrons. The third kappa shape index (κ3) is 5.60. The molecule has 2 nitrogen and oxygen atoms in total. The molecule has 0 unspecified atom stereocenters. The number of hydrogen-bond donors (Lipinski definition) is 0. The molecule has 0 saturated carbocycles. The van der Waals surface area contributed by atoms with Crippen molar-refractivity contribution in [2.75, 3.05) is 26.2 Å². The quantitative estimate of drug-likeness (QED) is 0.330. The van der Waals surface area contributed by atoms with Gasteiger partial charge in [0.05, 0.1) is 13.1 Å². The molecule has 0 bridgehead atoms.